The highest BCUT2D eigenvalue weighted by Gasteiger charge is 1.97. The molecule has 1 rings (SSSR count). The maximum Gasteiger partial charge on any atom is 0.145 e. The number of halogens is 2. The monoisotopic (exact) mass is 220 g/mol. The maximum absolute atomic E-state index is 5.69. The third-order valence-electron chi connectivity index (χ3n) is 1.06. The normalized spacial score (nSPS) is 9.50. The molecular weight excluding hydrogens is 215 g/mol. The van der Waals surface area contributed by atoms with E-state index in [4.69, 9.17) is 11.6 Å². The van der Waals surface area contributed by atoms with Crippen LogP contribution in [0.5, 0.6) is 0 Å². The quantitative estimate of drug-likeness (QED) is 0.737. The summed E-state index contributed by atoms with van der Waals surface area (Å²) in [6, 6.07) is 3.69. The molecule has 0 bridgehead atoms. The largest absolute Gasteiger partial charge is 0.373 e. The molecule has 1 aromatic rings. The fourth-order valence-electron chi connectivity index (χ4n) is 0.557. The van der Waals surface area contributed by atoms with Crippen molar-refractivity contribution in [2.24, 2.45) is 0 Å². The highest BCUT2D eigenvalue weighted by molar-refractivity contribution is 9.10. The van der Waals surface area contributed by atoms with E-state index in [9.17, 15) is 0 Å². The van der Waals surface area contributed by atoms with Crippen LogP contribution in [-0.2, 0) is 0 Å². The zero-order valence-corrected chi connectivity index (χ0v) is 7.70. The highest BCUT2D eigenvalue weighted by atomic mass is 79.9. The number of anilines is 1. The van der Waals surface area contributed by atoms with Crippen molar-refractivity contribution < 1.29 is 0 Å². The van der Waals surface area contributed by atoms with E-state index in [1.54, 1.807) is 7.05 Å². The predicted octanol–water partition coefficient (Wildman–Crippen LogP) is 2.54. The first-order chi connectivity index (χ1) is 4.74. The van der Waals surface area contributed by atoms with E-state index in [2.05, 4.69) is 26.2 Å². The summed E-state index contributed by atoms with van der Waals surface area (Å²) in [5, 5.41) is 3.36. The number of rotatable bonds is 1. The molecule has 0 aliphatic rings. The molecule has 1 heterocycles. The Kier molecular flexibility index (Phi) is 2.51. The minimum Gasteiger partial charge on any atom is -0.373 e. The molecule has 0 saturated carbocycles. The first-order valence-corrected chi connectivity index (χ1v) is 3.91. The van der Waals surface area contributed by atoms with Crippen molar-refractivity contribution in [1.29, 1.82) is 0 Å². The van der Waals surface area contributed by atoms with Gasteiger partial charge in [0, 0.05) is 7.05 Å². The van der Waals surface area contributed by atoms with Gasteiger partial charge in [-0.05, 0) is 28.1 Å². The minimum absolute atomic E-state index is 0.479. The SMILES string of the molecule is CNc1ccc(Br)c(Cl)n1. The van der Waals surface area contributed by atoms with E-state index in [0.717, 1.165) is 10.3 Å². The standard InChI is InChI=1S/C6H6BrClN2/c1-9-5-3-2-4(7)6(8)10-5/h2-3H,1H3,(H,9,10). The Balaban J connectivity index is 3.04. The number of hydrogen-bond donors (Lipinski definition) is 1. The topological polar surface area (TPSA) is 24.9 Å². The van der Waals surface area contributed by atoms with Gasteiger partial charge >= 0.3 is 0 Å². The van der Waals surface area contributed by atoms with Crippen LogP contribution in [0.3, 0.4) is 0 Å². The van der Waals surface area contributed by atoms with E-state index in [1.807, 2.05) is 12.1 Å². The third-order valence-corrected chi connectivity index (χ3v) is 2.22. The van der Waals surface area contributed by atoms with Gasteiger partial charge in [0.2, 0.25) is 0 Å². The maximum atomic E-state index is 5.69. The Morgan fingerprint density at radius 1 is 1.60 bits per heavy atom. The van der Waals surface area contributed by atoms with Crippen molar-refractivity contribution in [3.8, 4) is 0 Å². The molecule has 0 fully saturated rings. The Labute approximate surface area is 72.7 Å². The van der Waals surface area contributed by atoms with Gasteiger partial charge < -0.3 is 5.32 Å². The average molecular weight is 221 g/mol. The molecule has 0 spiro atoms. The van der Waals surface area contributed by atoms with Gasteiger partial charge in [-0.2, -0.15) is 0 Å². The first-order valence-electron chi connectivity index (χ1n) is 2.74. The van der Waals surface area contributed by atoms with E-state index in [1.165, 1.54) is 0 Å². The van der Waals surface area contributed by atoms with Gasteiger partial charge in [-0.1, -0.05) is 11.6 Å². The van der Waals surface area contributed by atoms with Gasteiger partial charge in [0.05, 0.1) is 4.47 Å². The molecule has 0 aliphatic heterocycles. The molecule has 54 valence electrons. The smallest absolute Gasteiger partial charge is 0.145 e. The van der Waals surface area contributed by atoms with Crippen molar-refractivity contribution >= 4 is 33.3 Å². The van der Waals surface area contributed by atoms with E-state index >= 15 is 0 Å². The molecule has 1 N–H and O–H groups in total. The van der Waals surface area contributed by atoms with Crippen LogP contribution in [-0.4, -0.2) is 12.0 Å². The second-order valence-corrected chi connectivity index (χ2v) is 2.93. The molecule has 4 heteroatoms. The Bertz CT molecular complexity index is 239. The summed E-state index contributed by atoms with van der Waals surface area (Å²) in [6.45, 7) is 0. The van der Waals surface area contributed by atoms with Gasteiger partial charge in [-0.3, -0.25) is 0 Å². The average Bonchev–Trinajstić information content (AvgIpc) is 1.95. The zero-order chi connectivity index (χ0) is 7.56. The van der Waals surface area contributed by atoms with E-state index in [0.29, 0.717) is 5.15 Å². The summed E-state index contributed by atoms with van der Waals surface area (Å²) in [6.07, 6.45) is 0. The van der Waals surface area contributed by atoms with Crippen LogP contribution in [0.2, 0.25) is 5.15 Å². The van der Waals surface area contributed by atoms with Crippen molar-refractivity contribution in [1.82, 2.24) is 4.98 Å². The van der Waals surface area contributed by atoms with Crippen molar-refractivity contribution in [2.45, 2.75) is 0 Å². The fraction of sp³-hybridized carbons (Fsp3) is 0.167. The Morgan fingerprint density at radius 2 is 2.30 bits per heavy atom. The van der Waals surface area contributed by atoms with Crippen molar-refractivity contribution in [3.63, 3.8) is 0 Å². The summed E-state index contributed by atoms with van der Waals surface area (Å²) in [5.74, 6) is 0.771. The summed E-state index contributed by atoms with van der Waals surface area (Å²) >= 11 is 8.93. The van der Waals surface area contributed by atoms with Crippen LogP contribution >= 0.6 is 27.5 Å². The molecule has 0 aliphatic carbocycles. The number of nitrogens with one attached hydrogen (secondary N) is 1. The zero-order valence-electron chi connectivity index (χ0n) is 5.36. The number of nitrogens with zero attached hydrogens (tertiary/aromatic N) is 1. The lowest BCUT2D eigenvalue weighted by Crippen LogP contribution is -1.91. The van der Waals surface area contributed by atoms with Crippen LogP contribution in [0, 0.1) is 0 Å². The Morgan fingerprint density at radius 3 is 2.80 bits per heavy atom. The predicted molar refractivity (Wildman–Crippen MR) is 46.5 cm³/mol. The number of pyridine rings is 1. The van der Waals surface area contributed by atoms with Crippen molar-refractivity contribution in [2.75, 3.05) is 12.4 Å². The second-order valence-electron chi connectivity index (χ2n) is 1.72. The molecule has 2 nitrogen and oxygen atoms in total. The highest BCUT2D eigenvalue weighted by Crippen LogP contribution is 2.21. The van der Waals surface area contributed by atoms with Gasteiger partial charge in [-0.25, -0.2) is 4.98 Å². The van der Waals surface area contributed by atoms with Gasteiger partial charge in [0.15, 0.2) is 0 Å². The van der Waals surface area contributed by atoms with E-state index < -0.39 is 0 Å². The molecule has 0 amide bonds. The summed E-state index contributed by atoms with van der Waals surface area (Å²) < 4.78 is 0.813. The molecule has 10 heavy (non-hydrogen) atoms. The summed E-state index contributed by atoms with van der Waals surface area (Å²) in [7, 11) is 1.80. The molecule has 0 saturated heterocycles. The van der Waals surface area contributed by atoms with Gasteiger partial charge in [-0.15, -0.1) is 0 Å². The number of hydrogen-bond acceptors (Lipinski definition) is 2. The molecule has 0 unspecified atom stereocenters. The van der Waals surface area contributed by atoms with Crippen LogP contribution in [0.1, 0.15) is 0 Å². The molecule has 1 aromatic heterocycles. The minimum atomic E-state index is 0.479. The summed E-state index contributed by atoms with van der Waals surface area (Å²) in [4.78, 5) is 4.00. The van der Waals surface area contributed by atoms with E-state index in [-0.39, 0.29) is 0 Å². The molecule has 0 atom stereocenters. The van der Waals surface area contributed by atoms with Crippen LogP contribution in [0.15, 0.2) is 16.6 Å². The second kappa shape index (κ2) is 3.21. The van der Waals surface area contributed by atoms with Gasteiger partial charge in [0.1, 0.15) is 11.0 Å². The van der Waals surface area contributed by atoms with Crippen molar-refractivity contribution in [3.05, 3.63) is 21.8 Å². The fourth-order valence-corrected chi connectivity index (χ4v) is 0.931. The molecule has 0 aromatic carbocycles. The first kappa shape index (κ1) is 7.82. The lowest BCUT2D eigenvalue weighted by atomic mass is 10.5. The third kappa shape index (κ3) is 1.61. The number of aromatic nitrogens is 1. The lowest BCUT2D eigenvalue weighted by molar-refractivity contribution is 1.27. The van der Waals surface area contributed by atoms with Crippen LogP contribution in [0.4, 0.5) is 5.82 Å². The Hall–Kier alpha value is -0.280. The van der Waals surface area contributed by atoms with Crippen LogP contribution in [0.25, 0.3) is 0 Å². The summed E-state index contributed by atoms with van der Waals surface area (Å²) in [5.41, 5.74) is 0. The lowest BCUT2D eigenvalue weighted by Gasteiger charge is -1.99. The van der Waals surface area contributed by atoms with Crippen LogP contribution < -0.4 is 5.32 Å². The van der Waals surface area contributed by atoms with Gasteiger partial charge in [0.25, 0.3) is 0 Å². The molecular formula is C6H6BrClN2. The molecule has 0 radical (unpaired) electrons.